The van der Waals surface area contributed by atoms with Crippen molar-refractivity contribution in [3.05, 3.63) is 29.3 Å². The molecule has 0 spiro atoms. The number of amides is 1. The molecule has 1 aromatic rings. The highest BCUT2D eigenvalue weighted by atomic mass is 16.4. The summed E-state index contributed by atoms with van der Waals surface area (Å²) in [6.07, 6.45) is -5.76. The fourth-order valence-corrected chi connectivity index (χ4v) is 3.07. The third-order valence-electron chi connectivity index (χ3n) is 4.11. The molecule has 1 fully saturated rings. The van der Waals surface area contributed by atoms with E-state index in [1.807, 2.05) is 0 Å². The number of benzene rings is 1. The van der Waals surface area contributed by atoms with Crippen molar-refractivity contribution in [2.45, 2.75) is 36.4 Å². The summed E-state index contributed by atoms with van der Waals surface area (Å²) in [6.45, 7) is 0. The van der Waals surface area contributed by atoms with Crippen molar-refractivity contribution in [1.29, 1.82) is 0 Å². The van der Waals surface area contributed by atoms with E-state index in [-0.39, 0.29) is 11.3 Å². The minimum Gasteiger partial charge on any atom is -0.508 e. The van der Waals surface area contributed by atoms with Crippen molar-refractivity contribution >= 4 is 5.91 Å². The van der Waals surface area contributed by atoms with Gasteiger partial charge in [0.15, 0.2) is 0 Å². The van der Waals surface area contributed by atoms with Gasteiger partial charge in [-0.15, -0.1) is 0 Å². The van der Waals surface area contributed by atoms with Gasteiger partial charge in [0.1, 0.15) is 24.1 Å². The molecule has 1 saturated carbocycles. The first kappa shape index (κ1) is 13.3. The number of aromatic hydroxyl groups is 1. The fourth-order valence-electron chi connectivity index (χ4n) is 3.07. The summed E-state index contributed by atoms with van der Waals surface area (Å²) in [5.41, 5.74) is 0.607. The lowest BCUT2D eigenvalue weighted by molar-refractivity contribution is -0.155. The molecule has 0 saturated heterocycles. The van der Waals surface area contributed by atoms with Crippen molar-refractivity contribution in [3.8, 4) is 5.75 Å². The van der Waals surface area contributed by atoms with Crippen LogP contribution in [0.25, 0.3) is 0 Å². The Hall–Kier alpha value is -1.67. The summed E-state index contributed by atoms with van der Waals surface area (Å²) in [7, 11) is 0. The van der Waals surface area contributed by atoms with Crippen molar-refractivity contribution in [2.24, 2.45) is 0 Å². The molecular weight excluding hydrogens is 266 g/mol. The van der Waals surface area contributed by atoms with Crippen LogP contribution in [0.15, 0.2) is 18.2 Å². The number of hydrogen-bond acceptors (Lipinski definition) is 6. The molecule has 20 heavy (non-hydrogen) atoms. The summed E-state index contributed by atoms with van der Waals surface area (Å²) >= 11 is 0. The number of fused-ring (bicyclic) bond motifs is 3. The Morgan fingerprint density at radius 3 is 2.30 bits per heavy atom. The zero-order valence-corrected chi connectivity index (χ0v) is 10.3. The minimum atomic E-state index is -1.54. The van der Waals surface area contributed by atoms with Gasteiger partial charge < -0.3 is 30.8 Å². The highest BCUT2D eigenvalue weighted by Crippen LogP contribution is 2.39. The Morgan fingerprint density at radius 2 is 1.60 bits per heavy atom. The van der Waals surface area contributed by atoms with Crippen LogP contribution in [0.1, 0.15) is 21.8 Å². The molecule has 7 nitrogen and oxygen atoms in total. The molecule has 1 heterocycles. The molecule has 3 rings (SSSR count). The van der Waals surface area contributed by atoms with Crippen LogP contribution in [0.4, 0.5) is 0 Å². The molecule has 0 unspecified atom stereocenters. The predicted octanol–water partition coefficient (Wildman–Crippen LogP) is -1.95. The minimum absolute atomic E-state index is 0.0937. The molecule has 1 aliphatic carbocycles. The highest BCUT2D eigenvalue weighted by Gasteiger charge is 2.52. The molecule has 6 N–H and O–H groups in total. The molecule has 2 aliphatic rings. The van der Waals surface area contributed by atoms with E-state index < -0.39 is 42.3 Å². The molecule has 7 heteroatoms. The number of phenolic OH excluding ortho intramolecular Hbond substituents is 1. The molecule has 0 bridgehead atoms. The van der Waals surface area contributed by atoms with Gasteiger partial charge in [-0.25, -0.2) is 0 Å². The lowest BCUT2D eigenvalue weighted by Gasteiger charge is -2.47. The quantitative estimate of drug-likeness (QED) is 0.327. The molecule has 1 aliphatic heterocycles. The second-order valence-electron chi connectivity index (χ2n) is 5.26. The zero-order chi connectivity index (χ0) is 14.6. The summed E-state index contributed by atoms with van der Waals surface area (Å²) in [5.74, 6) is -1.35. The van der Waals surface area contributed by atoms with Gasteiger partial charge in [-0.05, 0) is 17.7 Å². The maximum Gasteiger partial charge on any atom is 0.252 e. The Kier molecular flexibility index (Phi) is 2.94. The highest BCUT2D eigenvalue weighted by molar-refractivity contribution is 5.98. The van der Waals surface area contributed by atoms with Gasteiger partial charge in [0.2, 0.25) is 0 Å². The van der Waals surface area contributed by atoms with Crippen LogP contribution in [-0.4, -0.2) is 61.9 Å². The van der Waals surface area contributed by atoms with Gasteiger partial charge in [0, 0.05) is 11.5 Å². The van der Waals surface area contributed by atoms with E-state index in [0.29, 0.717) is 5.56 Å². The average Bonchev–Trinajstić information content (AvgIpc) is 2.43. The Labute approximate surface area is 114 Å². The molecule has 0 radical (unpaired) electrons. The number of carbonyl (C=O) groups is 1. The second-order valence-corrected chi connectivity index (χ2v) is 5.26. The zero-order valence-electron chi connectivity index (χ0n) is 10.3. The summed E-state index contributed by atoms with van der Waals surface area (Å²) in [5, 5.41) is 51.5. The van der Waals surface area contributed by atoms with E-state index in [4.69, 9.17) is 0 Å². The maximum absolute atomic E-state index is 12.0. The first-order valence-corrected chi connectivity index (χ1v) is 6.28. The molecule has 1 amide bonds. The number of aliphatic hydroxyl groups excluding tert-OH is 4. The number of rotatable bonds is 0. The SMILES string of the molecule is O=C1N[C@H]2[C@H](O)[C@H](O)[C@@H](O)[C@H](O)[C@@H]2c2ccc(O)cc21. The van der Waals surface area contributed by atoms with Crippen LogP contribution in [0.5, 0.6) is 5.75 Å². The van der Waals surface area contributed by atoms with E-state index >= 15 is 0 Å². The number of carbonyl (C=O) groups excluding carboxylic acids is 1. The lowest BCUT2D eigenvalue weighted by atomic mass is 9.70. The Bertz CT molecular complexity index is 562. The largest absolute Gasteiger partial charge is 0.508 e. The van der Waals surface area contributed by atoms with Crippen molar-refractivity contribution in [1.82, 2.24) is 5.32 Å². The summed E-state index contributed by atoms with van der Waals surface area (Å²) in [6, 6.07) is 3.21. The fraction of sp³-hybridized carbons (Fsp3) is 0.462. The predicted molar refractivity (Wildman–Crippen MR) is 66.1 cm³/mol. The third kappa shape index (κ3) is 1.71. The van der Waals surface area contributed by atoms with Gasteiger partial charge in [-0.2, -0.15) is 0 Å². The van der Waals surface area contributed by atoms with E-state index in [0.717, 1.165) is 0 Å². The number of phenols is 1. The van der Waals surface area contributed by atoms with Crippen LogP contribution in [0, 0.1) is 0 Å². The monoisotopic (exact) mass is 281 g/mol. The average molecular weight is 281 g/mol. The number of aliphatic hydroxyl groups is 4. The lowest BCUT2D eigenvalue weighted by Crippen LogP contribution is -2.66. The normalized spacial score (nSPS) is 39.7. The van der Waals surface area contributed by atoms with Crippen LogP contribution >= 0.6 is 0 Å². The summed E-state index contributed by atoms with van der Waals surface area (Å²) < 4.78 is 0. The Balaban J connectivity index is 2.12. The van der Waals surface area contributed by atoms with Gasteiger partial charge in [0.05, 0.1) is 12.1 Å². The van der Waals surface area contributed by atoms with Crippen LogP contribution < -0.4 is 5.32 Å². The van der Waals surface area contributed by atoms with Gasteiger partial charge >= 0.3 is 0 Å². The van der Waals surface area contributed by atoms with Gasteiger partial charge in [-0.1, -0.05) is 6.07 Å². The van der Waals surface area contributed by atoms with Crippen LogP contribution in [0.3, 0.4) is 0 Å². The Morgan fingerprint density at radius 1 is 0.950 bits per heavy atom. The van der Waals surface area contributed by atoms with E-state index in [1.165, 1.54) is 18.2 Å². The standard InChI is InChI=1S/C13H15NO6/c15-4-1-2-5-6(3-4)13(20)14-8-7(5)9(16)11(18)12(19)10(8)17/h1-3,7-12,15-19H,(H,14,20)/t7-,8-,9-,10+,11+,12+/m1/s1. The van der Waals surface area contributed by atoms with E-state index in [9.17, 15) is 30.3 Å². The van der Waals surface area contributed by atoms with Crippen molar-refractivity contribution in [2.75, 3.05) is 0 Å². The van der Waals surface area contributed by atoms with Crippen molar-refractivity contribution in [3.63, 3.8) is 0 Å². The van der Waals surface area contributed by atoms with Crippen molar-refractivity contribution < 1.29 is 30.3 Å². The van der Waals surface area contributed by atoms with Gasteiger partial charge in [-0.3, -0.25) is 4.79 Å². The molecule has 108 valence electrons. The molecular formula is C13H15NO6. The summed E-state index contributed by atoms with van der Waals surface area (Å²) in [4.78, 5) is 12.0. The first-order valence-electron chi connectivity index (χ1n) is 6.28. The van der Waals surface area contributed by atoms with Crippen LogP contribution in [0.2, 0.25) is 0 Å². The van der Waals surface area contributed by atoms with E-state index in [2.05, 4.69) is 5.32 Å². The van der Waals surface area contributed by atoms with Gasteiger partial charge in [0.25, 0.3) is 5.91 Å². The smallest absolute Gasteiger partial charge is 0.252 e. The van der Waals surface area contributed by atoms with E-state index in [1.54, 1.807) is 0 Å². The topological polar surface area (TPSA) is 130 Å². The number of hydrogen-bond donors (Lipinski definition) is 6. The second kappa shape index (κ2) is 4.42. The maximum atomic E-state index is 12.0. The molecule has 6 atom stereocenters. The molecule has 1 aromatic carbocycles. The first-order chi connectivity index (χ1) is 9.41. The van der Waals surface area contributed by atoms with Crippen LogP contribution in [-0.2, 0) is 0 Å². The molecule has 0 aromatic heterocycles. The number of nitrogens with one attached hydrogen (secondary N) is 1. The third-order valence-corrected chi connectivity index (χ3v) is 4.11.